The van der Waals surface area contributed by atoms with Gasteiger partial charge in [0.05, 0.1) is 24.5 Å². The summed E-state index contributed by atoms with van der Waals surface area (Å²) in [5, 5.41) is 29.5. The number of anilines is 3. The Balaban J connectivity index is 1.02. The smallest absolute Gasteiger partial charge is 0.272 e. The van der Waals surface area contributed by atoms with Gasteiger partial charge in [-0.05, 0) is 43.2 Å². The molecule has 1 saturated heterocycles. The number of amides is 1. The van der Waals surface area contributed by atoms with Crippen LogP contribution in [0.4, 0.5) is 17.3 Å². The fraction of sp³-hybridized carbons (Fsp3) is 0.207. The Morgan fingerprint density at radius 1 is 1.12 bits per heavy atom. The van der Waals surface area contributed by atoms with Gasteiger partial charge >= 0.3 is 0 Å². The highest BCUT2D eigenvalue weighted by molar-refractivity contribution is 5.93. The number of para-hydroxylation sites is 1. The number of aromatic nitrogens is 7. The van der Waals surface area contributed by atoms with Crippen LogP contribution < -0.4 is 20.4 Å². The summed E-state index contributed by atoms with van der Waals surface area (Å²) in [7, 11) is 0. The molecule has 0 radical (unpaired) electrons. The Kier molecular flexibility index (Phi) is 6.20. The Labute approximate surface area is 240 Å². The number of hydrogen-bond donors (Lipinski definition) is 3. The number of nitrogens with one attached hydrogen (secondary N) is 2. The number of carbonyl (C=O) groups excluding carboxylic acids is 1. The number of fused-ring (bicyclic) bond motifs is 4. The van der Waals surface area contributed by atoms with E-state index in [1.54, 1.807) is 47.4 Å². The van der Waals surface area contributed by atoms with Crippen LogP contribution >= 0.6 is 0 Å². The van der Waals surface area contributed by atoms with E-state index in [0.717, 1.165) is 18.1 Å². The number of benzene rings is 1. The van der Waals surface area contributed by atoms with Crippen molar-refractivity contribution in [1.82, 2.24) is 40.1 Å². The van der Waals surface area contributed by atoms with E-state index in [1.165, 1.54) is 0 Å². The number of nitrogens with zero attached hydrogens (tertiary/aromatic N) is 9. The zero-order valence-corrected chi connectivity index (χ0v) is 22.5. The van der Waals surface area contributed by atoms with Crippen LogP contribution in [0.5, 0.6) is 5.75 Å². The van der Waals surface area contributed by atoms with E-state index in [4.69, 9.17) is 0 Å². The molecular formula is C29H25N11O2. The molecule has 4 aromatic heterocycles. The summed E-state index contributed by atoms with van der Waals surface area (Å²) >= 11 is 0. The average molecular weight is 560 g/mol. The molecule has 3 N–H and O–H groups in total. The SMILES string of the molecule is C[C@@H]1CN(c2ccnc(C#CCNC(=O)c3cc4ncccn4n3)n2)C[C@@H]2Nc3nnc(-c4ccccc4O)cc3N12. The summed E-state index contributed by atoms with van der Waals surface area (Å²) in [5.74, 6) is 7.54. The molecule has 42 heavy (non-hydrogen) atoms. The summed E-state index contributed by atoms with van der Waals surface area (Å²) in [6.07, 6.45) is 5.03. The molecule has 5 aromatic rings. The van der Waals surface area contributed by atoms with Crippen LogP contribution in [-0.4, -0.2) is 77.6 Å². The molecule has 0 spiro atoms. The maximum Gasteiger partial charge on any atom is 0.272 e. The van der Waals surface area contributed by atoms with E-state index in [2.05, 4.69) is 69.4 Å². The molecule has 1 aromatic carbocycles. The number of aromatic hydroxyl groups is 1. The zero-order chi connectivity index (χ0) is 28.6. The molecule has 1 amide bonds. The molecule has 0 unspecified atom stereocenters. The third-order valence-electron chi connectivity index (χ3n) is 7.20. The zero-order valence-electron chi connectivity index (χ0n) is 22.5. The van der Waals surface area contributed by atoms with Gasteiger partial charge in [-0.25, -0.2) is 19.5 Å². The van der Waals surface area contributed by atoms with Crippen molar-refractivity contribution in [2.24, 2.45) is 0 Å². The quantitative estimate of drug-likeness (QED) is 0.277. The molecule has 0 bridgehead atoms. The van der Waals surface area contributed by atoms with E-state index >= 15 is 0 Å². The fourth-order valence-corrected chi connectivity index (χ4v) is 5.32. The lowest BCUT2D eigenvalue weighted by atomic mass is 10.1. The van der Waals surface area contributed by atoms with Crippen LogP contribution in [0.1, 0.15) is 23.2 Å². The maximum absolute atomic E-state index is 12.4. The van der Waals surface area contributed by atoms with Gasteiger partial charge in [-0.2, -0.15) is 5.10 Å². The number of carbonyl (C=O) groups is 1. The predicted octanol–water partition coefficient (Wildman–Crippen LogP) is 1.93. The maximum atomic E-state index is 12.4. The molecule has 2 aliphatic heterocycles. The Bertz CT molecular complexity index is 1850. The summed E-state index contributed by atoms with van der Waals surface area (Å²) < 4.78 is 1.54. The van der Waals surface area contributed by atoms with Gasteiger partial charge in [0.25, 0.3) is 5.91 Å². The Hall–Kier alpha value is -5.77. The summed E-state index contributed by atoms with van der Waals surface area (Å²) in [6, 6.07) is 14.5. The van der Waals surface area contributed by atoms with Gasteiger partial charge in [0.2, 0.25) is 5.82 Å². The van der Waals surface area contributed by atoms with Gasteiger partial charge in [-0.15, -0.1) is 10.2 Å². The predicted molar refractivity (Wildman–Crippen MR) is 155 cm³/mol. The van der Waals surface area contributed by atoms with E-state index in [9.17, 15) is 9.90 Å². The minimum absolute atomic E-state index is 0.0350. The first-order valence-corrected chi connectivity index (χ1v) is 13.4. The van der Waals surface area contributed by atoms with Crippen molar-refractivity contribution in [1.29, 1.82) is 0 Å². The largest absolute Gasteiger partial charge is 0.507 e. The lowest BCUT2D eigenvalue weighted by Gasteiger charge is -2.43. The third kappa shape index (κ3) is 4.64. The van der Waals surface area contributed by atoms with E-state index < -0.39 is 0 Å². The highest BCUT2D eigenvalue weighted by atomic mass is 16.3. The molecule has 208 valence electrons. The van der Waals surface area contributed by atoms with Crippen LogP contribution in [0.3, 0.4) is 0 Å². The average Bonchev–Trinajstić information content (AvgIpc) is 3.61. The van der Waals surface area contributed by atoms with Gasteiger partial charge < -0.3 is 25.5 Å². The van der Waals surface area contributed by atoms with Crippen molar-refractivity contribution in [3.8, 4) is 28.8 Å². The highest BCUT2D eigenvalue weighted by Crippen LogP contribution is 2.40. The number of piperazine rings is 1. The Morgan fingerprint density at radius 2 is 2.02 bits per heavy atom. The molecule has 7 rings (SSSR count). The van der Waals surface area contributed by atoms with Crippen molar-refractivity contribution >= 4 is 28.9 Å². The first-order valence-electron chi connectivity index (χ1n) is 13.4. The van der Waals surface area contributed by atoms with Gasteiger partial charge in [-0.1, -0.05) is 18.1 Å². The van der Waals surface area contributed by atoms with Crippen molar-refractivity contribution in [2.75, 3.05) is 34.8 Å². The molecule has 6 heterocycles. The number of rotatable bonds is 4. The molecule has 13 nitrogen and oxygen atoms in total. The highest BCUT2D eigenvalue weighted by Gasteiger charge is 2.39. The first kappa shape index (κ1) is 25.2. The minimum Gasteiger partial charge on any atom is -0.507 e. The van der Waals surface area contributed by atoms with Crippen molar-refractivity contribution in [3.63, 3.8) is 0 Å². The second kappa shape index (κ2) is 10.3. The topological polar surface area (TPSA) is 150 Å². The molecule has 2 atom stereocenters. The number of phenolic OH excluding ortho intramolecular Hbond substituents is 1. The second-order valence-corrected chi connectivity index (χ2v) is 9.98. The van der Waals surface area contributed by atoms with Gasteiger partial charge in [0.1, 0.15) is 17.7 Å². The van der Waals surface area contributed by atoms with Gasteiger partial charge in [-0.3, -0.25) is 4.79 Å². The Morgan fingerprint density at radius 3 is 2.90 bits per heavy atom. The van der Waals surface area contributed by atoms with E-state index in [-0.39, 0.29) is 36.1 Å². The normalized spacial score (nSPS) is 17.2. The fourth-order valence-electron chi connectivity index (χ4n) is 5.32. The second-order valence-electron chi connectivity index (χ2n) is 9.98. The third-order valence-corrected chi connectivity index (χ3v) is 7.20. The minimum atomic E-state index is -0.334. The van der Waals surface area contributed by atoms with Crippen molar-refractivity contribution in [3.05, 3.63) is 78.6 Å². The monoisotopic (exact) mass is 559 g/mol. The standard InChI is InChI=1S/C29H25N11O2/c1-18-16-38(17-27-34-28-22(40(18)27)14-20(35-36-28)19-6-2-3-7-23(19)41)25-9-12-30-24(33-25)8-4-10-32-29(42)21-15-26-31-11-5-13-39(26)37-21/h2-3,5-7,9,11-15,18,27,41H,10,16-17H2,1H3,(H,32,42)(H,34,36)/t18-,27-/m1/s1. The number of hydrogen-bond acceptors (Lipinski definition) is 11. The molecular weight excluding hydrogens is 534 g/mol. The van der Waals surface area contributed by atoms with Crippen LogP contribution in [-0.2, 0) is 0 Å². The molecule has 0 saturated carbocycles. The summed E-state index contributed by atoms with van der Waals surface area (Å²) in [4.78, 5) is 30.1. The lowest BCUT2D eigenvalue weighted by Crippen LogP contribution is -2.58. The molecule has 0 aliphatic carbocycles. The molecule has 2 aliphatic rings. The van der Waals surface area contributed by atoms with Gasteiger partial charge in [0.15, 0.2) is 17.2 Å². The van der Waals surface area contributed by atoms with E-state index in [1.807, 2.05) is 24.3 Å². The summed E-state index contributed by atoms with van der Waals surface area (Å²) in [5.41, 5.74) is 3.08. The van der Waals surface area contributed by atoms with Crippen LogP contribution in [0.2, 0.25) is 0 Å². The summed E-state index contributed by atoms with van der Waals surface area (Å²) in [6.45, 7) is 3.65. The van der Waals surface area contributed by atoms with Crippen molar-refractivity contribution in [2.45, 2.75) is 19.1 Å². The lowest BCUT2D eigenvalue weighted by molar-refractivity contribution is 0.0953. The van der Waals surface area contributed by atoms with Crippen molar-refractivity contribution < 1.29 is 9.90 Å². The number of phenols is 1. The van der Waals surface area contributed by atoms with Crippen LogP contribution in [0.25, 0.3) is 16.9 Å². The van der Waals surface area contributed by atoms with E-state index in [0.29, 0.717) is 35.1 Å². The van der Waals surface area contributed by atoms with Crippen LogP contribution in [0.15, 0.2) is 67.1 Å². The van der Waals surface area contributed by atoms with Crippen LogP contribution in [0, 0.1) is 11.8 Å². The first-order chi connectivity index (χ1) is 20.5. The molecule has 1 fully saturated rings. The van der Waals surface area contributed by atoms with Gasteiger partial charge in [0, 0.05) is 42.8 Å². The molecule has 13 heteroatoms.